The predicted octanol–water partition coefficient (Wildman–Crippen LogP) is 7.96. The van der Waals surface area contributed by atoms with Crippen molar-refractivity contribution in [1.82, 2.24) is 0 Å². The normalized spacial score (nSPS) is 11.9. The van der Waals surface area contributed by atoms with Crippen LogP contribution in [0, 0.1) is 0 Å². The molecule has 6 rings (SSSR count). The van der Waals surface area contributed by atoms with Crippen molar-refractivity contribution in [2.45, 2.75) is 0 Å². The van der Waals surface area contributed by atoms with E-state index in [9.17, 15) is 0 Å². The van der Waals surface area contributed by atoms with E-state index in [4.69, 9.17) is 11.6 Å². The highest BCUT2D eigenvalue weighted by Gasteiger charge is 2.26. The maximum atomic E-state index is 6.37. The largest absolute Gasteiger partial charge is 0.0843 e. The van der Waals surface area contributed by atoms with Gasteiger partial charge in [0.25, 0.3) is 0 Å². The van der Waals surface area contributed by atoms with E-state index >= 15 is 0 Å². The third-order valence-corrected chi connectivity index (χ3v) is 5.89. The molecule has 5 aromatic carbocycles. The molecule has 0 unspecified atom stereocenters. The van der Waals surface area contributed by atoms with Crippen LogP contribution in [0.1, 0.15) is 0 Å². The molecule has 0 fully saturated rings. The second-order valence-corrected chi connectivity index (χ2v) is 7.52. The number of hydrogen-bond donors (Lipinski definition) is 0. The van der Waals surface area contributed by atoms with Gasteiger partial charge in [0.05, 0.1) is 0 Å². The highest BCUT2D eigenvalue weighted by atomic mass is 35.5. The topological polar surface area (TPSA) is 0 Å². The summed E-state index contributed by atoms with van der Waals surface area (Å²) in [6.07, 6.45) is 0. The van der Waals surface area contributed by atoms with Crippen LogP contribution in [-0.2, 0) is 0 Å². The Morgan fingerprint density at radius 3 is 2.00 bits per heavy atom. The van der Waals surface area contributed by atoms with Gasteiger partial charge in [-0.3, -0.25) is 0 Å². The molecule has 0 atom stereocenters. The molecule has 0 N–H and O–H groups in total. The van der Waals surface area contributed by atoms with Crippen molar-refractivity contribution >= 4 is 33.1 Å². The lowest BCUT2D eigenvalue weighted by molar-refractivity contribution is 1.65. The first-order chi connectivity index (χ1) is 13.3. The van der Waals surface area contributed by atoms with Crippen molar-refractivity contribution in [3.8, 4) is 33.4 Å². The van der Waals surface area contributed by atoms with Gasteiger partial charge in [-0.25, -0.2) is 0 Å². The van der Waals surface area contributed by atoms with Crippen molar-refractivity contribution in [3.63, 3.8) is 0 Å². The molecule has 0 saturated carbocycles. The minimum Gasteiger partial charge on any atom is -0.0843 e. The first-order valence-corrected chi connectivity index (χ1v) is 9.54. The number of halogens is 1. The molecule has 1 aliphatic rings. The maximum absolute atomic E-state index is 6.37. The van der Waals surface area contributed by atoms with Crippen LogP contribution >= 0.6 is 11.6 Å². The van der Waals surface area contributed by atoms with Gasteiger partial charge in [0.1, 0.15) is 0 Å². The predicted molar refractivity (Wildman–Crippen MR) is 116 cm³/mol. The fourth-order valence-electron chi connectivity index (χ4n) is 4.62. The molecular weight excluding hydrogens is 348 g/mol. The summed E-state index contributed by atoms with van der Waals surface area (Å²) in [4.78, 5) is 0. The van der Waals surface area contributed by atoms with Crippen LogP contribution in [0.5, 0.6) is 0 Å². The van der Waals surface area contributed by atoms with Crippen LogP contribution < -0.4 is 0 Å². The lowest BCUT2D eigenvalue weighted by Gasteiger charge is -2.16. The molecule has 1 aliphatic carbocycles. The maximum Gasteiger partial charge on any atom is 0.0412 e. The van der Waals surface area contributed by atoms with E-state index in [1.165, 1.54) is 54.9 Å². The van der Waals surface area contributed by atoms with Crippen LogP contribution in [-0.4, -0.2) is 0 Å². The molecule has 0 heterocycles. The summed E-state index contributed by atoms with van der Waals surface area (Å²) in [5.74, 6) is 0. The van der Waals surface area contributed by atoms with E-state index in [2.05, 4.69) is 78.9 Å². The molecule has 0 nitrogen and oxygen atoms in total. The molecule has 0 spiro atoms. The zero-order chi connectivity index (χ0) is 18.0. The van der Waals surface area contributed by atoms with Gasteiger partial charge in [-0.05, 0) is 67.1 Å². The van der Waals surface area contributed by atoms with E-state index in [1.54, 1.807) is 0 Å². The lowest BCUT2D eigenvalue weighted by atomic mass is 9.87. The molecule has 1 heteroatoms. The zero-order valence-electron chi connectivity index (χ0n) is 14.5. The van der Waals surface area contributed by atoms with Crippen LogP contribution in [0.25, 0.3) is 54.9 Å². The van der Waals surface area contributed by atoms with Crippen LogP contribution in [0.4, 0.5) is 0 Å². The van der Waals surface area contributed by atoms with Gasteiger partial charge in [0.15, 0.2) is 0 Å². The Morgan fingerprint density at radius 2 is 1.15 bits per heavy atom. The molecule has 126 valence electrons. The highest BCUT2D eigenvalue weighted by Crippen LogP contribution is 2.54. The molecule has 5 aromatic rings. The van der Waals surface area contributed by atoms with E-state index < -0.39 is 0 Å². The fourth-order valence-corrected chi connectivity index (χ4v) is 4.81. The zero-order valence-corrected chi connectivity index (χ0v) is 15.3. The third-order valence-electron chi connectivity index (χ3n) is 5.65. The van der Waals surface area contributed by atoms with Crippen LogP contribution in [0.3, 0.4) is 0 Å². The molecule has 0 radical (unpaired) electrons. The molecule has 0 saturated heterocycles. The van der Waals surface area contributed by atoms with Gasteiger partial charge < -0.3 is 0 Å². The fraction of sp³-hybridized carbons (Fsp3) is 0. The minimum absolute atomic E-state index is 0.767. The number of hydrogen-bond acceptors (Lipinski definition) is 0. The summed E-state index contributed by atoms with van der Waals surface area (Å²) in [6, 6.07) is 32.3. The van der Waals surface area contributed by atoms with E-state index in [-0.39, 0.29) is 0 Å². The molecule has 0 bridgehead atoms. The van der Waals surface area contributed by atoms with Gasteiger partial charge in [0, 0.05) is 5.02 Å². The Kier molecular flexibility index (Phi) is 3.03. The highest BCUT2D eigenvalue weighted by molar-refractivity contribution is 6.32. The molecule has 0 aliphatic heterocycles. The quantitative estimate of drug-likeness (QED) is 0.260. The summed E-state index contributed by atoms with van der Waals surface area (Å²) in [6.45, 7) is 0. The second-order valence-electron chi connectivity index (χ2n) is 7.08. The Bertz CT molecular complexity index is 1380. The van der Waals surface area contributed by atoms with Crippen molar-refractivity contribution in [3.05, 3.63) is 96.0 Å². The Balaban J connectivity index is 1.93. The van der Waals surface area contributed by atoms with E-state index in [0.29, 0.717) is 0 Å². The van der Waals surface area contributed by atoms with E-state index in [0.717, 1.165) is 5.02 Å². The Labute approximate surface area is 162 Å². The molecule has 27 heavy (non-hydrogen) atoms. The lowest BCUT2D eigenvalue weighted by Crippen LogP contribution is -1.88. The summed E-state index contributed by atoms with van der Waals surface area (Å²) >= 11 is 6.37. The monoisotopic (exact) mass is 362 g/mol. The van der Waals surface area contributed by atoms with Gasteiger partial charge in [-0.15, -0.1) is 0 Å². The van der Waals surface area contributed by atoms with Crippen molar-refractivity contribution in [2.75, 3.05) is 0 Å². The second kappa shape index (κ2) is 5.45. The van der Waals surface area contributed by atoms with Gasteiger partial charge in [0.2, 0.25) is 0 Å². The number of rotatable bonds is 1. The molecule has 0 amide bonds. The van der Waals surface area contributed by atoms with Gasteiger partial charge >= 0.3 is 0 Å². The number of benzene rings is 5. The first kappa shape index (κ1) is 15.0. The van der Waals surface area contributed by atoms with Gasteiger partial charge in [-0.1, -0.05) is 90.5 Å². The smallest absolute Gasteiger partial charge is 0.0412 e. The molecular formula is C26H15Cl. The Morgan fingerprint density at radius 1 is 0.481 bits per heavy atom. The first-order valence-electron chi connectivity index (χ1n) is 9.16. The van der Waals surface area contributed by atoms with E-state index in [1.807, 2.05) is 12.1 Å². The average Bonchev–Trinajstić information content (AvgIpc) is 3.04. The molecule has 0 aromatic heterocycles. The summed E-state index contributed by atoms with van der Waals surface area (Å²) in [5, 5.41) is 6.01. The van der Waals surface area contributed by atoms with Crippen LogP contribution in [0.15, 0.2) is 91.0 Å². The van der Waals surface area contributed by atoms with Crippen LogP contribution in [0.2, 0.25) is 5.02 Å². The third kappa shape index (κ3) is 1.99. The summed E-state index contributed by atoms with van der Waals surface area (Å²) < 4.78 is 0. The Hall–Kier alpha value is -3.09. The summed E-state index contributed by atoms with van der Waals surface area (Å²) in [5.41, 5.74) is 7.73. The summed E-state index contributed by atoms with van der Waals surface area (Å²) in [7, 11) is 0. The van der Waals surface area contributed by atoms with Crippen molar-refractivity contribution < 1.29 is 0 Å². The van der Waals surface area contributed by atoms with Crippen molar-refractivity contribution in [2.24, 2.45) is 0 Å². The van der Waals surface area contributed by atoms with Gasteiger partial charge in [-0.2, -0.15) is 0 Å². The SMILES string of the molecule is Clc1cccc(-c2c3c4c(cccc4c4ccccc24)-c2ccccc2-3)c1. The standard InChI is InChI=1S/C26H15Cl/c27-17-8-5-7-16(15-17)24-20-11-3-1-9-18(20)21-13-6-14-22-19-10-2-4-12-23(19)26(24)25(21)22/h1-15H. The minimum atomic E-state index is 0.767. The van der Waals surface area contributed by atoms with Crippen molar-refractivity contribution in [1.29, 1.82) is 0 Å². The average molecular weight is 363 g/mol. The number of fused-ring (bicyclic) bond motifs is 5.